The second kappa shape index (κ2) is 5.29. The molecule has 4 rings (SSSR count). The predicted molar refractivity (Wildman–Crippen MR) is 82.8 cm³/mol. The van der Waals surface area contributed by atoms with E-state index < -0.39 is 0 Å². The largest absolute Gasteiger partial charge is 0.376 e. The van der Waals surface area contributed by atoms with Gasteiger partial charge in [0.05, 0.1) is 11.2 Å². The molecule has 3 aliphatic rings. The Labute approximate surface area is 129 Å². The number of hydrogen-bond donors (Lipinski definition) is 2. The van der Waals surface area contributed by atoms with Crippen LogP contribution in [0.3, 0.4) is 0 Å². The van der Waals surface area contributed by atoms with Crippen molar-refractivity contribution in [2.24, 2.45) is 5.92 Å². The molecular weight excluding hydrogens is 288 g/mol. The Hall–Kier alpha value is -1.07. The minimum atomic E-state index is -0.0692. The molecule has 1 aromatic rings. The fourth-order valence-electron chi connectivity index (χ4n) is 3.65. The second-order valence-corrected chi connectivity index (χ2v) is 7.16. The first-order valence-corrected chi connectivity index (χ1v) is 8.35. The van der Waals surface area contributed by atoms with Crippen LogP contribution in [-0.4, -0.2) is 27.9 Å². The van der Waals surface area contributed by atoms with Crippen LogP contribution in [0, 0.1) is 5.92 Å². The third-order valence-electron chi connectivity index (χ3n) is 4.95. The average molecular weight is 309 g/mol. The molecule has 2 unspecified atom stereocenters. The van der Waals surface area contributed by atoms with Gasteiger partial charge in [-0.25, -0.2) is 4.68 Å². The minimum Gasteiger partial charge on any atom is -0.376 e. The highest BCUT2D eigenvalue weighted by Gasteiger charge is 2.34. The minimum absolute atomic E-state index is 0.0692. The third-order valence-corrected chi connectivity index (χ3v) is 5.23. The van der Waals surface area contributed by atoms with Gasteiger partial charge in [-0.05, 0) is 44.4 Å². The van der Waals surface area contributed by atoms with E-state index in [4.69, 9.17) is 11.6 Å². The van der Waals surface area contributed by atoms with E-state index in [1.165, 1.54) is 25.7 Å². The van der Waals surface area contributed by atoms with Crippen molar-refractivity contribution in [3.8, 4) is 0 Å². The Morgan fingerprint density at radius 3 is 2.67 bits per heavy atom. The van der Waals surface area contributed by atoms with Crippen LogP contribution in [0.15, 0.2) is 11.0 Å². The van der Waals surface area contributed by atoms with E-state index in [0.717, 1.165) is 19.4 Å². The Bertz CT molecular complexity index is 586. The van der Waals surface area contributed by atoms with E-state index in [0.29, 0.717) is 34.8 Å². The summed E-state index contributed by atoms with van der Waals surface area (Å²) in [5.74, 6) is 0.624. The fraction of sp³-hybridized carbons (Fsp3) is 0.733. The number of nitrogens with one attached hydrogen (secondary N) is 2. The third kappa shape index (κ3) is 2.81. The lowest BCUT2D eigenvalue weighted by Gasteiger charge is -2.30. The maximum Gasteiger partial charge on any atom is 0.291 e. The van der Waals surface area contributed by atoms with Gasteiger partial charge >= 0.3 is 0 Å². The Morgan fingerprint density at radius 1 is 1.29 bits per heavy atom. The van der Waals surface area contributed by atoms with Gasteiger partial charge in [-0.1, -0.05) is 11.6 Å². The zero-order valence-electron chi connectivity index (χ0n) is 12.0. The van der Waals surface area contributed by atoms with Crippen molar-refractivity contribution < 1.29 is 0 Å². The van der Waals surface area contributed by atoms with Crippen LogP contribution in [0.1, 0.15) is 38.5 Å². The number of aromatic nitrogens is 2. The van der Waals surface area contributed by atoms with Crippen LogP contribution in [0.5, 0.6) is 0 Å². The molecule has 0 aromatic carbocycles. The lowest BCUT2D eigenvalue weighted by atomic mass is 10.00. The van der Waals surface area contributed by atoms with E-state index >= 15 is 0 Å². The number of rotatable bonds is 4. The van der Waals surface area contributed by atoms with E-state index in [-0.39, 0.29) is 5.56 Å². The van der Waals surface area contributed by atoms with Crippen molar-refractivity contribution in [3.05, 3.63) is 21.6 Å². The molecule has 1 saturated carbocycles. The molecule has 0 radical (unpaired) electrons. The number of anilines is 1. The highest BCUT2D eigenvalue weighted by molar-refractivity contribution is 6.33. The van der Waals surface area contributed by atoms with Gasteiger partial charge in [0.15, 0.2) is 0 Å². The molecule has 1 aliphatic carbocycles. The molecule has 2 bridgehead atoms. The molecule has 0 spiro atoms. The van der Waals surface area contributed by atoms with Crippen molar-refractivity contribution in [3.63, 3.8) is 0 Å². The van der Waals surface area contributed by atoms with Gasteiger partial charge in [0, 0.05) is 24.7 Å². The van der Waals surface area contributed by atoms with Crippen LogP contribution < -0.4 is 16.2 Å². The molecule has 3 heterocycles. The molecule has 2 atom stereocenters. The topological polar surface area (TPSA) is 59.0 Å². The predicted octanol–water partition coefficient (Wildman–Crippen LogP) is 2.00. The van der Waals surface area contributed by atoms with Gasteiger partial charge in [-0.15, -0.1) is 0 Å². The first-order valence-electron chi connectivity index (χ1n) is 7.97. The molecule has 5 nitrogen and oxygen atoms in total. The summed E-state index contributed by atoms with van der Waals surface area (Å²) in [6.45, 7) is 0.724. The molecule has 3 fully saturated rings. The SMILES string of the molecule is O=c1c(NC2CC3CCC(C2)N3)c(Cl)cnn1CC1CC1. The lowest BCUT2D eigenvalue weighted by molar-refractivity contribution is 0.377. The zero-order chi connectivity index (χ0) is 14.4. The summed E-state index contributed by atoms with van der Waals surface area (Å²) in [4.78, 5) is 12.5. The molecule has 2 aliphatic heterocycles. The fourth-order valence-corrected chi connectivity index (χ4v) is 3.83. The number of halogens is 1. The van der Waals surface area contributed by atoms with Crippen LogP contribution in [0.4, 0.5) is 5.69 Å². The van der Waals surface area contributed by atoms with Gasteiger partial charge in [0.25, 0.3) is 5.56 Å². The highest BCUT2D eigenvalue weighted by atomic mass is 35.5. The molecular formula is C15H21ClN4O. The van der Waals surface area contributed by atoms with Gasteiger partial charge in [-0.2, -0.15) is 5.10 Å². The molecule has 0 amide bonds. The summed E-state index contributed by atoms with van der Waals surface area (Å²) in [6.07, 6.45) is 8.64. The van der Waals surface area contributed by atoms with Crippen LogP contribution in [0.25, 0.3) is 0 Å². The molecule has 6 heteroatoms. The zero-order valence-corrected chi connectivity index (χ0v) is 12.8. The molecule has 1 aromatic heterocycles. The smallest absolute Gasteiger partial charge is 0.291 e. The first kappa shape index (κ1) is 13.6. The lowest BCUT2D eigenvalue weighted by Crippen LogP contribution is -2.44. The van der Waals surface area contributed by atoms with Crippen LogP contribution >= 0.6 is 11.6 Å². The van der Waals surface area contributed by atoms with E-state index in [2.05, 4.69) is 15.7 Å². The van der Waals surface area contributed by atoms with Gasteiger partial charge in [-0.3, -0.25) is 4.79 Å². The quantitative estimate of drug-likeness (QED) is 0.893. The van der Waals surface area contributed by atoms with E-state index in [9.17, 15) is 4.79 Å². The summed E-state index contributed by atoms with van der Waals surface area (Å²) in [5.41, 5.74) is 0.471. The summed E-state index contributed by atoms with van der Waals surface area (Å²) < 4.78 is 1.57. The first-order chi connectivity index (χ1) is 10.2. The van der Waals surface area contributed by atoms with Crippen molar-refractivity contribution in [2.75, 3.05) is 5.32 Å². The molecule has 114 valence electrons. The normalized spacial score (nSPS) is 31.4. The number of nitrogens with zero attached hydrogens (tertiary/aromatic N) is 2. The van der Waals surface area contributed by atoms with Crippen LogP contribution in [0.2, 0.25) is 5.02 Å². The van der Waals surface area contributed by atoms with E-state index in [1.54, 1.807) is 10.9 Å². The maximum atomic E-state index is 12.5. The van der Waals surface area contributed by atoms with Crippen molar-refractivity contribution in [1.82, 2.24) is 15.1 Å². The Balaban J connectivity index is 1.54. The van der Waals surface area contributed by atoms with Gasteiger partial charge in [0.1, 0.15) is 5.69 Å². The summed E-state index contributed by atoms with van der Waals surface area (Å²) in [5, 5.41) is 11.6. The monoisotopic (exact) mass is 308 g/mol. The molecule has 21 heavy (non-hydrogen) atoms. The second-order valence-electron chi connectivity index (χ2n) is 6.75. The van der Waals surface area contributed by atoms with Crippen LogP contribution in [-0.2, 0) is 6.54 Å². The highest BCUT2D eigenvalue weighted by Crippen LogP contribution is 2.31. The average Bonchev–Trinajstić information content (AvgIpc) is 3.22. The number of piperidine rings is 1. The number of hydrogen-bond acceptors (Lipinski definition) is 4. The Morgan fingerprint density at radius 2 is 2.00 bits per heavy atom. The standard InChI is InChI=1S/C15H21ClN4O/c16-13-7-17-20(8-9-1-2-9)15(21)14(13)19-12-5-10-3-4-11(6-12)18-10/h7,9-12,18-19H,1-6,8H2. The summed E-state index contributed by atoms with van der Waals surface area (Å²) in [6, 6.07) is 1.52. The van der Waals surface area contributed by atoms with Crippen molar-refractivity contribution in [2.45, 2.75) is 63.2 Å². The van der Waals surface area contributed by atoms with Crippen molar-refractivity contribution >= 4 is 17.3 Å². The molecule has 2 N–H and O–H groups in total. The van der Waals surface area contributed by atoms with Crippen molar-refractivity contribution in [1.29, 1.82) is 0 Å². The number of fused-ring (bicyclic) bond motifs is 2. The van der Waals surface area contributed by atoms with Gasteiger partial charge < -0.3 is 10.6 Å². The Kier molecular flexibility index (Phi) is 3.42. The summed E-state index contributed by atoms with van der Waals surface area (Å²) >= 11 is 6.21. The van der Waals surface area contributed by atoms with E-state index in [1.807, 2.05) is 0 Å². The van der Waals surface area contributed by atoms with Gasteiger partial charge in [0.2, 0.25) is 0 Å². The summed E-state index contributed by atoms with van der Waals surface area (Å²) in [7, 11) is 0. The molecule has 2 saturated heterocycles. The maximum absolute atomic E-state index is 12.5.